The second-order valence-electron chi connectivity index (χ2n) is 6.26. The number of thiol groups is 1. The molecule has 0 aliphatic rings. The van der Waals surface area contributed by atoms with Crippen molar-refractivity contribution in [2.24, 2.45) is 0 Å². The van der Waals surface area contributed by atoms with Crippen LogP contribution in [0.25, 0.3) is 33.4 Å². The normalized spacial score (nSPS) is 10.8. The summed E-state index contributed by atoms with van der Waals surface area (Å²) < 4.78 is 22.3. The van der Waals surface area contributed by atoms with Gasteiger partial charge in [0.1, 0.15) is 17.2 Å². The molecule has 2 N–H and O–H groups in total. The highest BCUT2D eigenvalue weighted by Gasteiger charge is 2.23. The summed E-state index contributed by atoms with van der Waals surface area (Å²) in [6.45, 7) is 0. The van der Waals surface area contributed by atoms with Crippen LogP contribution in [0.5, 0.6) is 0 Å². The van der Waals surface area contributed by atoms with Crippen molar-refractivity contribution in [3.05, 3.63) is 78.1 Å². The Hall–Kier alpha value is -3.25. The van der Waals surface area contributed by atoms with Crippen LogP contribution in [0.1, 0.15) is 10.4 Å². The Kier molecular flexibility index (Phi) is 4.79. The molecule has 0 spiro atoms. The molecule has 0 bridgehead atoms. The molecule has 0 aliphatic heterocycles. The van der Waals surface area contributed by atoms with Gasteiger partial charge in [0.2, 0.25) is 0 Å². The Morgan fingerprint density at radius 3 is 2.36 bits per heavy atom. The lowest BCUT2D eigenvalue weighted by molar-refractivity contribution is 0.0964. The quantitative estimate of drug-likeness (QED) is 0.401. The van der Waals surface area contributed by atoms with Gasteiger partial charge in [0.05, 0.1) is 11.3 Å². The molecule has 0 aliphatic carbocycles. The number of carbonyl (C=O) groups excluding carboxylic acids is 1. The van der Waals surface area contributed by atoms with E-state index in [0.29, 0.717) is 27.9 Å². The summed E-state index contributed by atoms with van der Waals surface area (Å²) in [6.07, 6.45) is 0. The topological polar surface area (TPSA) is 54.3 Å². The van der Waals surface area contributed by atoms with Gasteiger partial charge in [-0.1, -0.05) is 43.1 Å². The molecule has 1 heterocycles. The summed E-state index contributed by atoms with van der Waals surface area (Å²) in [5, 5.41) is 3.34. The van der Waals surface area contributed by atoms with Gasteiger partial charge in [-0.2, -0.15) is 0 Å². The maximum Gasteiger partial charge on any atom is 0.255 e. The minimum absolute atomic E-state index is 0.274. The van der Waals surface area contributed by atoms with Crippen molar-refractivity contribution >= 4 is 35.4 Å². The van der Waals surface area contributed by atoms with Crippen LogP contribution in [-0.2, 0) is 0 Å². The number of rotatable bonds is 4. The zero-order valence-corrected chi connectivity index (χ0v) is 15.9. The molecule has 0 saturated carbocycles. The fourth-order valence-electron chi connectivity index (χ4n) is 3.25. The summed E-state index contributed by atoms with van der Waals surface area (Å²) in [7, 11) is 1.57. The lowest BCUT2D eigenvalue weighted by Gasteiger charge is -2.09. The van der Waals surface area contributed by atoms with Crippen LogP contribution in [-0.4, -0.2) is 13.0 Å². The lowest BCUT2D eigenvalue weighted by atomic mass is 9.99. The van der Waals surface area contributed by atoms with Gasteiger partial charge in [-0.25, -0.2) is 4.39 Å². The van der Waals surface area contributed by atoms with E-state index in [4.69, 9.17) is 4.42 Å². The molecule has 4 aromatic rings. The molecule has 0 atom stereocenters. The minimum Gasteiger partial charge on any atom is -0.455 e. The number of nitrogens with one attached hydrogen (secondary N) is 2. The summed E-state index contributed by atoms with van der Waals surface area (Å²) in [6, 6.07) is 19.4. The zero-order chi connectivity index (χ0) is 19.7. The second kappa shape index (κ2) is 7.40. The molecule has 4 rings (SSSR count). The lowest BCUT2D eigenvalue weighted by Crippen LogP contribution is -2.18. The van der Waals surface area contributed by atoms with Crippen molar-refractivity contribution in [3.63, 3.8) is 0 Å². The first-order valence-corrected chi connectivity index (χ1v) is 9.11. The number of halogens is 1. The van der Waals surface area contributed by atoms with Crippen LogP contribution < -0.4 is 10.0 Å². The third kappa shape index (κ3) is 3.12. The first kappa shape index (κ1) is 18.1. The van der Waals surface area contributed by atoms with Crippen molar-refractivity contribution < 1.29 is 13.6 Å². The fourth-order valence-corrected chi connectivity index (χ4v) is 3.43. The molecular weight excluding hydrogens is 375 g/mol. The molecule has 0 unspecified atom stereocenters. The summed E-state index contributed by atoms with van der Waals surface area (Å²) in [5.41, 5.74) is 4.19. The summed E-state index contributed by atoms with van der Waals surface area (Å²) >= 11 is 4.22. The van der Waals surface area contributed by atoms with E-state index in [1.165, 1.54) is 12.1 Å². The average Bonchev–Trinajstić information content (AvgIpc) is 3.11. The van der Waals surface area contributed by atoms with E-state index in [0.717, 1.165) is 16.8 Å². The molecule has 0 fully saturated rings. The number of amides is 1. The number of carbonyl (C=O) groups is 1. The van der Waals surface area contributed by atoms with Gasteiger partial charge in [-0.15, -0.1) is 0 Å². The van der Waals surface area contributed by atoms with Gasteiger partial charge in [-0.3, -0.25) is 4.79 Å². The smallest absolute Gasteiger partial charge is 0.255 e. The molecule has 28 heavy (non-hydrogen) atoms. The highest BCUT2D eigenvalue weighted by Crippen LogP contribution is 2.39. The SMILES string of the molecule is CNC(=O)c1c(-c2ccc(F)cc2)oc2cc(NS)c(-c3ccccc3)cc12. The van der Waals surface area contributed by atoms with Crippen molar-refractivity contribution in [1.29, 1.82) is 0 Å². The molecule has 0 radical (unpaired) electrons. The van der Waals surface area contributed by atoms with Crippen LogP contribution in [0.4, 0.5) is 10.1 Å². The largest absolute Gasteiger partial charge is 0.455 e. The van der Waals surface area contributed by atoms with Crippen LogP contribution in [0, 0.1) is 5.82 Å². The number of anilines is 1. The van der Waals surface area contributed by atoms with Gasteiger partial charge in [0, 0.05) is 29.6 Å². The Morgan fingerprint density at radius 1 is 1.00 bits per heavy atom. The highest BCUT2D eigenvalue weighted by atomic mass is 32.1. The van der Waals surface area contributed by atoms with Gasteiger partial charge in [-0.05, 0) is 35.9 Å². The monoisotopic (exact) mass is 392 g/mol. The molecule has 4 nitrogen and oxygen atoms in total. The van der Waals surface area contributed by atoms with Gasteiger partial charge < -0.3 is 14.5 Å². The highest BCUT2D eigenvalue weighted by molar-refractivity contribution is 7.81. The predicted octanol–water partition coefficient (Wildman–Crippen LogP) is 5.52. The van der Waals surface area contributed by atoms with E-state index in [1.54, 1.807) is 19.2 Å². The maximum absolute atomic E-state index is 13.3. The Bertz CT molecular complexity index is 1150. The predicted molar refractivity (Wildman–Crippen MR) is 113 cm³/mol. The van der Waals surface area contributed by atoms with Crippen molar-refractivity contribution in [3.8, 4) is 22.5 Å². The first-order chi connectivity index (χ1) is 13.6. The van der Waals surface area contributed by atoms with Crippen LogP contribution >= 0.6 is 12.8 Å². The zero-order valence-electron chi connectivity index (χ0n) is 15.0. The van der Waals surface area contributed by atoms with Gasteiger partial charge in [0.15, 0.2) is 0 Å². The van der Waals surface area contributed by atoms with E-state index in [9.17, 15) is 9.18 Å². The van der Waals surface area contributed by atoms with Crippen molar-refractivity contribution in [2.75, 3.05) is 11.8 Å². The van der Waals surface area contributed by atoms with E-state index in [1.807, 2.05) is 42.5 Å². The summed E-state index contributed by atoms with van der Waals surface area (Å²) in [5.74, 6) is -0.234. The summed E-state index contributed by atoms with van der Waals surface area (Å²) in [4.78, 5) is 12.7. The number of hydrogen-bond donors (Lipinski definition) is 3. The number of hydrogen-bond acceptors (Lipinski definition) is 4. The van der Waals surface area contributed by atoms with E-state index in [2.05, 4.69) is 22.9 Å². The molecular formula is C22H17FN2O2S. The molecule has 6 heteroatoms. The Morgan fingerprint density at radius 2 is 1.71 bits per heavy atom. The number of furan rings is 1. The van der Waals surface area contributed by atoms with Gasteiger partial charge >= 0.3 is 0 Å². The third-order valence-electron chi connectivity index (χ3n) is 4.59. The van der Waals surface area contributed by atoms with Crippen LogP contribution in [0.15, 0.2) is 71.1 Å². The average molecular weight is 392 g/mol. The van der Waals surface area contributed by atoms with Crippen molar-refractivity contribution in [1.82, 2.24) is 5.32 Å². The third-order valence-corrected chi connectivity index (χ3v) is 4.83. The fraction of sp³-hybridized carbons (Fsp3) is 0.0455. The number of fused-ring (bicyclic) bond motifs is 1. The minimum atomic E-state index is -0.353. The van der Waals surface area contributed by atoms with E-state index in [-0.39, 0.29) is 11.7 Å². The maximum atomic E-state index is 13.3. The molecule has 0 saturated heterocycles. The molecule has 1 aromatic heterocycles. The molecule has 3 aromatic carbocycles. The van der Waals surface area contributed by atoms with E-state index >= 15 is 0 Å². The van der Waals surface area contributed by atoms with Gasteiger partial charge in [0.25, 0.3) is 5.91 Å². The van der Waals surface area contributed by atoms with Crippen molar-refractivity contribution in [2.45, 2.75) is 0 Å². The Labute approximate surface area is 166 Å². The van der Waals surface area contributed by atoms with Crippen LogP contribution in [0.3, 0.4) is 0 Å². The molecule has 140 valence electrons. The molecule has 1 amide bonds. The first-order valence-electron chi connectivity index (χ1n) is 8.66. The van der Waals surface area contributed by atoms with Crippen LogP contribution in [0.2, 0.25) is 0 Å². The Balaban J connectivity index is 2.02. The standard InChI is InChI=1S/C22H17FN2O2S/c1-24-22(26)20-17-11-16(13-5-3-2-4-6-13)18(25-28)12-19(17)27-21(20)14-7-9-15(23)10-8-14/h2-12,25,28H,1H3,(H,24,26). The van der Waals surface area contributed by atoms with E-state index < -0.39 is 0 Å². The number of benzene rings is 3. The second-order valence-corrected chi connectivity index (χ2v) is 6.49.